The number of aliphatic hydroxyl groups excluding tert-OH is 4. The Balaban J connectivity index is 1.15. The zero-order chi connectivity index (χ0) is 31.3. The molecule has 43 heavy (non-hydrogen) atoms. The summed E-state index contributed by atoms with van der Waals surface area (Å²) in [6, 6.07) is 0. The van der Waals surface area contributed by atoms with E-state index in [0.717, 1.165) is 11.3 Å². The second-order valence-electron chi connectivity index (χ2n) is 9.64. The topological polar surface area (TPSA) is 318 Å². The fourth-order valence-electron chi connectivity index (χ4n) is 4.56. The van der Waals surface area contributed by atoms with Gasteiger partial charge in [-0.1, -0.05) is 0 Å². The number of nitrogen functional groups attached to an aromatic ring is 1. The van der Waals surface area contributed by atoms with Gasteiger partial charge in [0.1, 0.15) is 59.2 Å². The third kappa shape index (κ3) is 6.64. The van der Waals surface area contributed by atoms with E-state index in [1.807, 2.05) is 0 Å². The van der Waals surface area contributed by atoms with Gasteiger partial charge >= 0.3 is 15.4 Å². The monoisotopic (exact) mass is 667 g/mol. The van der Waals surface area contributed by atoms with E-state index in [2.05, 4.69) is 24.2 Å². The molecule has 10 N–H and O–H groups in total. The van der Waals surface area contributed by atoms with Gasteiger partial charge in [-0.15, -0.1) is 11.3 Å². The Morgan fingerprint density at radius 3 is 2.47 bits per heavy atom. The second kappa shape index (κ2) is 12.1. The van der Waals surface area contributed by atoms with Crippen LogP contribution >= 0.6 is 26.8 Å². The number of carbonyl (C=O) groups excluding carboxylic acids is 1. The maximum absolute atomic E-state index is 12.6. The molecule has 0 saturated carbocycles. The Kier molecular flexibility index (Phi) is 9.00. The van der Waals surface area contributed by atoms with Crippen LogP contribution in [-0.2, 0) is 27.4 Å². The molecular weight excluding hydrogens is 640 g/mol. The van der Waals surface area contributed by atoms with Gasteiger partial charge in [0.25, 0.3) is 5.91 Å². The average Bonchev–Trinajstić information content (AvgIpc) is 3.70. The van der Waals surface area contributed by atoms with E-state index in [-0.39, 0.29) is 27.7 Å². The quantitative estimate of drug-likeness (QED) is 0.104. The number of aliphatic hydroxyl groups is 4. The Morgan fingerprint density at radius 1 is 1.05 bits per heavy atom. The van der Waals surface area contributed by atoms with Crippen LogP contribution in [0.3, 0.4) is 0 Å². The molecule has 20 nitrogen and oxygen atoms in total. The van der Waals surface area contributed by atoms with E-state index in [1.165, 1.54) is 22.6 Å². The van der Waals surface area contributed by atoms with Crippen molar-refractivity contribution in [3.63, 3.8) is 0 Å². The fourth-order valence-corrected chi connectivity index (χ4v) is 8.16. The summed E-state index contributed by atoms with van der Waals surface area (Å²) in [6.45, 7) is -0.845. The molecule has 236 valence electrons. The molecule has 0 aromatic carbocycles. The molecule has 2 aliphatic heterocycles. The standard InChI is InChI=1S/C20H27N7O13P2S/c21-16-10-18(24-5-23-16)27(6-25-10)20-14(31)11(28)8(39-20)1-2-41(33,34)40-42(35,36)37-3-9-12(29)13(30)15(38-9)19-26-7(4-43-19)17(22)32/h4-6,8-9,11-15,20,28-31H,1-3H2,(H2,22,32)(H,33,34)(H,35,36)(H2,21,23,24). The van der Waals surface area contributed by atoms with Gasteiger partial charge in [0.15, 0.2) is 17.7 Å². The third-order valence-corrected chi connectivity index (χ3v) is 10.8. The van der Waals surface area contributed by atoms with Crippen LogP contribution in [0.2, 0.25) is 0 Å². The van der Waals surface area contributed by atoms with Crippen molar-refractivity contribution in [2.24, 2.45) is 5.73 Å². The van der Waals surface area contributed by atoms with Crippen molar-refractivity contribution >= 4 is 49.6 Å². The van der Waals surface area contributed by atoms with Gasteiger partial charge in [-0.3, -0.25) is 18.5 Å². The zero-order valence-electron chi connectivity index (χ0n) is 21.7. The van der Waals surface area contributed by atoms with Crippen LogP contribution in [0.1, 0.15) is 34.2 Å². The molecule has 3 aromatic heterocycles. The molecule has 2 fully saturated rings. The normalized spacial score (nSPS) is 32.1. The molecule has 2 saturated heterocycles. The largest absolute Gasteiger partial charge is 0.479 e. The number of aromatic nitrogens is 5. The van der Waals surface area contributed by atoms with Crippen LogP contribution in [0.15, 0.2) is 18.0 Å². The molecule has 0 bridgehead atoms. The van der Waals surface area contributed by atoms with Crippen molar-refractivity contribution in [3.8, 4) is 0 Å². The number of phosphoric ester groups is 1. The highest BCUT2D eigenvalue weighted by Crippen LogP contribution is 2.60. The number of phosphoric acid groups is 1. The summed E-state index contributed by atoms with van der Waals surface area (Å²) in [5, 5.41) is 43.0. The predicted octanol–water partition coefficient (Wildman–Crippen LogP) is -1.85. The van der Waals surface area contributed by atoms with E-state index in [4.69, 9.17) is 25.5 Å². The Hall–Kier alpha value is -2.49. The van der Waals surface area contributed by atoms with Crippen LogP contribution in [0.25, 0.3) is 11.2 Å². The number of nitrogens with zero attached hydrogens (tertiary/aromatic N) is 5. The number of imidazole rings is 1. The number of thiazole rings is 1. The van der Waals surface area contributed by atoms with E-state index in [9.17, 15) is 44.1 Å². The Labute approximate surface area is 245 Å². The first-order valence-corrected chi connectivity index (χ1v) is 16.5. The number of carbonyl (C=O) groups is 1. The fraction of sp³-hybridized carbons (Fsp3) is 0.550. The maximum atomic E-state index is 12.6. The van der Waals surface area contributed by atoms with E-state index in [0.29, 0.717) is 0 Å². The van der Waals surface area contributed by atoms with Gasteiger partial charge in [-0.2, -0.15) is 0 Å². The van der Waals surface area contributed by atoms with Gasteiger partial charge in [-0.25, -0.2) is 28.8 Å². The molecule has 23 heteroatoms. The summed E-state index contributed by atoms with van der Waals surface area (Å²) in [5.74, 6) is -0.745. The lowest BCUT2D eigenvalue weighted by Crippen LogP contribution is -2.33. The molecule has 2 aliphatic rings. The van der Waals surface area contributed by atoms with Crippen LogP contribution < -0.4 is 11.5 Å². The summed E-state index contributed by atoms with van der Waals surface area (Å²) >= 11 is 0.924. The molecule has 10 unspecified atom stereocenters. The molecule has 0 aliphatic carbocycles. The number of amides is 1. The molecule has 10 atom stereocenters. The summed E-state index contributed by atoms with van der Waals surface area (Å²) < 4.78 is 46.7. The van der Waals surface area contributed by atoms with Crippen molar-refractivity contribution in [2.75, 3.05) is 18.5 Å². The highest BCUT2D eigenvalue weighted by molar-refractivity contribution is 7.64. The summed E-state index contributed by atoms with van der Waals surface area (Å²) in [4.78, 5) is 47.4. The van der Waals surface area contributed by atoms with Gasteiger partial charge in [0.05, 0.1) is 25.2 Å². The van der Waals surface area contributed by atoms with Crippen molar-refractivity contribution in [2.45, 2.75) is 55.4 Å². The second-order valence-corrected chi connectivity index (χ2v) is 14.1. The number of fused-ring (bicyclic) bond motifs is 1. The molecule has 0 radical (unpaired) electrons. The van der Waals surface area contributed by atoms with Gasteiger partial charge in [-0.05, 0) is 6.42 Å². The highest BCUT2D eigenvalue weighted by Gasteiger charge is 2.48. The van der Waals surface area contributed by atoms with Crippen molar-refractivity contribution < 1.29 is 62.4 Å². The number of hydrogen-bond donors (Lipinski definition) is 8. The number of anilines is 1. The SMILES string of the molecule is NC(=O)c1csc(C2OC(COP(=O)(O)OP(=O)(O)CCC3OC(n4cnc5c(N)ncnc54)C(O)C3O)C(O)C2O)n1. The molecular formula is C20H27N7O13P2S. The number of primary amides is 1. The lowest BCUT2D eigenvalue weighted by atomic mass is 10.1. The number of hydrogen-bond acceptors (Lipinski definition) is 17. The third-order valence-electron chi connectivity index (χ3n) is 6.71. The van der Waals surface area contributed by atoms with Crippen molar-refractivity contribution in [3.05, 3.63) is 28.7 Å². The lowest BCUT2D eigenvalue weighted by Gasteiger charge is -2.20. The first kappa shape index (κ1) is 31.9. The molecule has 0 spiro atoms. The number of ether oxygens (including phenoxy) is 2. The van der Waals surface area contributed by atoms with Crippen LogP contribution in [0, 0.1) is 0 Å². The van der Waals surface area contributed by atoms with Crippen molar-refractivity contribution in [1.29, 1.82) is 0 Å². The summed E-state index contributed by atoms with van der Waals surface area (Å²) in [5.41, 5.74) is 11.3. The number of rotatable bonds is 11. The van der Waals surface area contributed by atoms with Crippen LogP contribution in [0.4, 0.5) is 5.82 Å². The average molecular weight is 667 g/mol. The maximum Gasteiger partial charge on any atom is 0.479 e. The molecule has 3 aromatic rings. The minimum atomic E-state index is -5.24. The smallest absolute Gasteiger partial charge is 0.388 e. The Bertz CT molecular complexity index is 1590. The predicted molar refractivity (Wildman–Crippen MR) is 142 cm³/mol. The summed E-state index contributed by atoms with van der Waals surface area (Å²) in [6.07, 6.45) is -9.98. The van der Waals surface area contributed by atoms with Gasteiger partial charge in [0, 0.05) is 5.38 Å². The van der Waals surface area contributed by atoms with Gasteiger partial charge in [0.2, 0.25) is 0 Å². The first-order valence-electron chi connectivity index (χ1n) is 12.4. The van der Waals surface area contributed by atoms with E-state index < -0.39 is 89.5 Å². The lowest BCUT2D eigenvalue weighted by molar-refractivity contribution is -0.0356. The Morgan fingerprint density at radius 2 is 1.77 bits per heavy atom. The van der Waals surface area contributed by atoms with E-state index in [1.54, 1.807) is 0 Å². The number of nitrogens with two attached hydrogens (primary N) is 2. The molecule has 5 heterocycles. The zero-order valence-corrected chi connectivity index (χ0v) is 24.3. The van der Waals surface area contributed by atoms with E-state index >= 15 is 0 Å². The molecule has 5 rings (SSSR count). The van der Waals surface area contributed by atoms with Crippen LogP contribution in [0.5, 0.6) is 0 Å². The van der Waals surface area contributed by atoms with Gasteiger partial charge < -0.3 is 51.2 Å². The van der Waals surface area contributed by atoms with Crippen molar-refractivity contribution in [1.82, 2.24) is 24.5 Å². The van der Waals surface area contributed by atoms with Crippen LogP contribution in [-0.4, -0.2) is 110 Å². The first-order chi connectivity index (χ1) is 20.2. The minimum Gasteiger partial charge on any atom is -0.388 e. The summed E-state index contributed by atoms with van der Waals surface area (Å²) in [7, 11) is -10.1. The minimum absolute atomic E-state index is 0.0747. The highest BCUT2D eigenvalue weighted by atomic mass is 32.1. The molecule has 1 amide bonds.